The van der Waals surface area contributed by atoms with Gasteiger partial charge in [-0.1, -0.05) is 25.1 Å². The van der Waals surface area contributed by atoms with E-state index in [9.17, 15) is 0 Å². The SMILES string of the molecule is Cc1nc2ccccc2cc1C(C)c1cnc[nH]1.Cl.Cl. The molecule has 0 fully saturated rings. The zero-order chi connectivity index (χ0) is 12.5. The van der Waals surface area contributed by atoms with Gasteiger partial charge in [0.05, 0.1) is 11.8 Å². The number of benzene rings is 1. The van der Waals surface area contributed by atoms with Gasteiger partial charge >= 0.3 is 0 Å². The molecule has 3 nitrogen and oxygen atoms in total. The highest BCUT2D eigenvalue weighted by Gasteiger charge is 2.13. The maximum atomic E-state index is 4.67. The monoisotopic (exact) mass is 309 g/mol. The number of fused-ring (bicyclic) bond motifs is 1. The van der Waals surface area contributed by atoms with Gasteiger partial charge in [-0.3, -0.25) is 4.98 Å². The summed E-state index contributed by atoms with van der Waals surface area (Å²) in [6, 6.07) is 10.4. The van der Waals surface area contributed by atoms with E-state index in [4.69, 9.17) is 0 Å². The van der Waals surface area contributed by atoms with Gasteiger partial charge in [0.2, 0.25) is 0 Å². The molecular formula is C15H17Cl2N3. The highest BCUT2D eigenvalue weighted by atomic mass is 35.5. The van der Waals surface area contributed by atoms with Gasteiger partial charge in [-0.15, -0.1) is 24.8 Å². The van der Waals surface area contributed by atoms with Crippen LogP contribution in [0.4, 0.5) is 0 Å². The molecule has 0 amide bonds. The van der Waals surface area contributed by atoms with Crippen molar-refractivity contribution in [3.05, 3.63) is 59.8 Å². The van der Waals surface area contributed by atoms with Crippen molar-refractivity contribution in [3.8, 4) is 0 Å². The molecule has 1 aromatic carbocycles. The molecule has 20 heavy (non-hydrogen) atoms. The van der Waals surface area contributed by atoms with Crippen molar-refractivity contribution in [2.24, 2.45) is 0 Å². The molecule has 0 radical (unpaired) electrons. The fourth-order valence-corrected chi connectivity index (χ4v) is 2.34. The van der Waals surface area contributed by atoms with E-state index in [0.29, 0.717) is 0 Å². The first-order chi connectivity index (χ1) is 8.75. The molecule has 0 saturated carbocycles. The molecule has 0 aliphatic carbocycles. The number of nitrogens with one attached hydrogen (secondary N) is 1. The summed E-state index contributed by atoms with van der Waals surface area (Å²) >= 11 is 0. The number of aryl methyl sites for hydroxylation is 1. The Bertz CT molecular complexity index is 681. The topological polar surface area (TPSA) is 41.6 Å². The van der Waals surface area contributed by atoms with E-state index in [1.54, 1.807) is 6.33 Å². The predicted octanol–water partition coefficient (Wildman–Crippen LogP) is 4.26. The summed E-state index contributed by atoms with van der Waals surface area (Å²) in [6.07, 6.45) is 3.59. The first kappa shape index (κ1) is 16.5. The van der Waals surface area contributed by atoms with Crippen molar-refractivity contribution in [3.63, 3.8) is 0 Å². The second-order valence-electron chi connectivity index (χ2n) is 4.58. The number of rotatable bonds is 2. The van der Waals surface area contributed by atoms with Gasteiger partial charge in [-0.05, 0) is 24.6 Å². The summed E-state index contributed by atoms with van der Waals surface area (Å²) in [4.78, 5) is 11.9. The van der Waals surface area contributed by atoms with Crippen molar-refractivity contribution in [1.82, 2.24) is 15.0 Å². The molecule has 106 valence electrons. The van der Waals surface area contributed by atoms with Gasteiger partial charge in [-0.2, -0.15) is 0 Å². The summed E-state index contributed by atoms with van der Waals surface area (Å²) in [6.45, 7) is 4.24. The standard InChI is InChI=1S/C15H15N3.2ClH/c1-10(15-8-16-9-17-15)13-7-12-5-3-4-6-14(12)18-11(13)2;;/h3-10H,1-2H3,(H,16,17);2*1H. The van der Waals surface area contributed by atoms with E-state index < -0.39 is 0 Å². The Labute approximate surface area is 130 Å². The lowest BCUT2D eigenvalue weighted by atomic mass is 9.95. The second-order valence-corrected chi connectivity index (χ2v) is 4.58. The van der Waals surface area contributed by atoms with Crippen LogP contribution in [0.25, 0.3) is 10.9 Å². The molecule has 5 heteroatoms. The molecule has 0 saturated heterocycles. The van der Waals surface area contributed by atoms with Crippen molar-refractivity contribution >= 4 is 35.7 Å². The quantitative estimate of drug-likeness (QED) is 0.768. The number of pyridine rings is 1. The third-order valence-corrected chi connectivity index (χ3v) is 3.41. The van der Waals surface area contributed by atoms with Crippen molar-refractivity contribution < 1.29 is 0 Å². The van der Waals surface area contributed by atoms with Crippen LogP contribution in [0.3, 0.4) is 0 Å². The number of H-pyrrole nitrogens is 1. The van der Waals surface area contributed by atoms with E-state index in [2.05, 4.69) is 40.9 Å². The molecule has 3 aromatic rings. The van der Waals surface area contributed by atoms with Crippen molar-refractivity contribution in [1.29, 1.82) is 0 Å². The van der Waals surface area contributed by atoms with Crippen LogP contribution in [0, 0.1) is 6.92 Å². The van der Waals surface area contributed by atoms with E-state index in [-0.39, 0.29) is 30.7 Å². The fraction of sp³-hybridized carbons (Fsp3) is 0.200. The lowest BCUT2D eigenvalue weighted by Crippen LogP contribution is -2.01. The Hall–Kier alpha value is -1.58. The second kappa shape index (κ2) is 6.73. The number of para-hydroxylation sites is 1. The van der Waals surface area contributed by atoms with Crippen LogP contribution in [0.1, 0.15) is 29.8 Å². The molecular weight excluding hydrogens is 293 g/mol. The van der Waals surface area contributed by atoms with Crippen LogP contribution in [-0.4, -0.2) is 15.0 Å². The Balaban J connectivity index is 0.000001000. The van der Waals surface area contributed by atoms with Crippen LogP contribution in [0.5, 0.6) is 0 Å². The number of nitrogens with zero attached hydrogens (tertiary/aromatic N) is 2. The maximum Gasteiger partial charge on any atom is 0.0921 e. The number of halogens is 2. The van der Waals surface area contributed by atoms with Crippen molar-refractivity contribution in [2.45, 2.75) is 19.8 Å². The van der Waals surface area contributed by atoms with Gasteiger partial charge < -0.3 is 4.98 Å². The molecule has 2 heterocycles. The molecule has 1 atom stereocenters. The van der Waals surface area contributed by atoms with Crippen LogP contribution < -0.4 is 0 Å². The Morgan fingerprint density at radius 3 is 2.60 bits per heavy atom. The van der Waals surface area contributed by atoms with E-state index in [1.165, 1.54) is 10.9 Å². The van der Waals surface area contributed by atoms with E-state index in [0.717, 1.165) is 16.9 Å². The number of hydrogen-bond acceptors (Lipinski definition) is 2. The van der Waals surface area contributed by atoms with E-state index in [1.807, 2.05) is 24.4 Å². The van der Waals surface area contributed by atoms with Gasteiger partial charge in [0.15, 0.2) is 0 Å². The summed E-state index contributed by atoms with van der Waals surface area (Å²) in [5.41, 5.74) is 4.50. The van der Waals surface area contributed by atoms with Gasteiger partial charge in [0.1, 0.15) is 0 Å². The number of hydrogen-bond donors (Lipinski definition) is 1. The highest BCUT2D eigenvalue weighted by Crippen LogP contribution is 2.27. The average Bonchev–Trinajstić information content (AvgIpc) is 2.91. The molecule has 0 bridgehead atoms. The largest absolute Gasteiger partial charge is 0.348 e. The third-order valence-electron chi connectivity index (χ3n) is 3.41. The summed E-state index contributed by atoms with van der Waals surface area (Å²) < 4.78 is 0. The third kappa shape index (κ3) is 2.94. The normalized spacial score (nSPS) is 11.5. The summed E-state index contributed by atoms with van der Waals surface area (Å²) in [5, 5.41) is 1.18. The maximum absolute atomic E-state index is 4.67. The minimum absolute atomic E-state index is 0. The van der Waals surface area contributed by atoms with Crippen LogP contribution >= 0.6 is 24.8 Å². The molecule has 3 rings (SSSR count). The van der Waals surface area contributed by atoms with Gasteiger partial charge in [-0.25, -0.2) is 4.98 Å². The zero-order valence-electron chi connectivity index (χ0n) is 11.3. The highest BCUT2D eigenvalue weighted by molar-refractivity contribution is 5.85. The Kier molecular flexibility index (Phi) is 5.54. The smallest absolute Gasteiger partial charge is 0.0921 e. The molecule has 0 aliphatic heterocycles. The zero-order valence-corrected chi connectivity index (χ0v) is 13.0. The Morgan fingerprint density at radius 1 is 1.15 bits per heavy atom. The van der Waals surface area contributed by atoms with Crippen LogP contribution in [0.15, 0.2) is 42.9 Å². The first-order valence-corrected chi connectivity index (χ1v) is 6.10. The minimum atomic E-state index is 0. The van der Waals surface area contributed by atoms with Gasteiger partial charge in [0.25, 0.3) is 0 Å². The van der Waals surface area contributed by atoms with E-state index >= 15 is 0 Å². The van der Waals surface area contributed by atoms with Crippen molar-refractivity contribution in [2.75, 3.05) is 0 Å². The van der Waals surface area contributed by atoms with Gasteiger partial charge in [0, 0.05) is 28.9 Å². The molecule has 0 spiro atoms. The fourth-order valence-electron chi connectivity index (χ4n) is 2.34. The lowest BCUT2D eigenvalue weighted by molar-refractivity contribution is 0.865. The summed E-state index contributed by atoms with van der Waals surface area (Å²) in [5.74, 6) is 0.282. The number of imidazole rings is 1. The number of aromatic nitrogens is 3. The predicted molar refractivity (Wildman–Crippen MR) is 87.1 cm³/mol. The number of aromatic amines is 1. The molecule has 0 aliphatic rings. The summed E-state index contributed by atoms with van der Waals surface area (Å²) in [7, 11) is 0. The average molecular weight is 310 g/mol. The minimum Gasteiger partial charge on any atom is -0.348 e. The molecule has 1 N–H and O–H groups in total. The van der Waals surface area contributed by atoms with Crippen LogP contribution in [-0.2, 0) is 0 Å². The Morgan fingerprint density at radius 2 is 1.90 bits per heavy atom. The molecule has 2 aromatic heterocycles. The molecule has 1 unspecified atom stereocenters. The first-order valence-electron chi connectivity index (χ1n) is 6.10. The lowest BCUT2D eigenvalue weighted by Gasteiger charge is -2.13. The van der Waals surface area contributed by atoms with Crippen LogP contribution in [0.2, 0.25) is 0 Å².